The number of amides is 1. The van der Waals surface area contributed by atoms with Gasteiger partial charge >= 0.3 is 0 Å². The van der Waals surface area contributed by atoms with Crippen LogP contribution in [0.3, 0.4) is 0 Å². The third kappa shape index (κ3) is 9.41. The highest BCUT2D eigenvalue weighted by Crippen LogP contribution is 2.17. The molecular weight excluding hydrogens is 479 g/mol. The molecule has 0 aliphatic heterocycles. The molecule has 0 unspecified atom stereocenters. The first kappa shape index (κ1) is 25.6. The topological polar surface area (TPSA) is 90.9 Å². The van der Waals surface area contributed by atoms with Crippen molar-refractivity contribution in [3.05, 3.63) is 29.3 Å². The van der Waals surface area contributed by atoms with Crippen molar-refractivity contribution >= 4 is 45.7 Å². The van der Waals surface area contributed by atoms with Gasteiger partial charge in [-0.1, -0.05) is 25.5 Å². The van der Waals surface area contributed by atoms with Crippen molar-refractivity contribution in [3.8, 4) is 0 Å². The molecular formula is C18H31IN4O3S. The highest BCUT2D eigenvalue weighted by Gasteiger charge is 2.11. The maximum Gasteiger partial charge on any atom is 0.241 e. The van der Waals surface area contributed by atoms with Gasteiger partial charge in [0.1, 0.15) is 0 Å². The largest absolute Gasteiger partial charge is 0.356 e. The molecule has 0 bridgehead atoms. The Kier molecular flexibility index (Phi) is 11.6. The van der Waals surface area contributed by atoms with Gasteiger partial charge < -0.3 is 15.5 Å². The molecule has 1 aromatic rings. The first-order chi connectivity index (χ1) is 12.1. The van der Waals surface area contributed by atoms with E-state index in [0.29, 0.717) is 23.0 Å². The van der Waals surface area contributed by atoms with Crippen LogP contribution in [0.15, 0.2) is 28.1 Å². The molecule has 0 radical (unpaired) electrons. The molecule has 2 N–H and O–H groups in total. The van der Waals surface area contributed by atoms with Crippen molar-refractivity contribution in [2.45, 2.75) is 38.1 Å². The van der Waals surface area contributed by atoms with Gasteiger partial charge in [0.25, 0.3) is 0 Å². The molecule has 1 rings (SSSR count). The third-order valence-corrected chi connectivity index (χ3v) is 5.04. The van der Waals surface area contributed by atoms with E-state index in [1.165, 1.54) is 11.2 Å². The fraction of sp³-hybridized carbons (Fsp3) is 0.556. The Bertz CT molecular complexity index is 749. The number of nitrogens with one attached hydrogen (secondary N) is 2. The van der Waals surface area contributed by atoms with Gasteiger partial charge in [0.05, 0.1) is 18.0 Å². The van der Waals surface area contributed by atoms with Gasteiger partial charge in [0.2, 0.25) is 5.91 Å². The second-order valence-corrected chi connectivity index (χ2v) is 8.44. The van der Waals surface area contributed by atoms with Crippen molar-refractivity contribution in [2.75, 3.05) is 33.4 Å². The number of aliphatic imine (C=N–C) groups is 1. The van der Waals surface area contributed by atoms with Gasteiger partial charge in [-0.05, 0) is 30.5 Å². The zero-order chi connectivity index (χ0) is 19.7. The smallest absolute Gasteiger partial charge is 0.241 e. The van der Waals surface area contributed by atoms with Gasteiger partial charge in [-0.3, -0.25) is 4.79 Å². The number of carbonyl (C=O) groups excluding carboxylic acids is 1. The summed E-state index contributed by atoms with van der Waals surface area (Å²) in [6.07, 6.45) is 3.27. The van der Waals surface area contributed by atoms with E-state index in [4.69, 9.17) is 0 Å². The Morgan fingerprint density at radius 2 is 1.89 bits per heavy atom. The molecule has 154 valence electrons. The van der Waals surface area contributed by atoms with Crippen LogP contribution in [0.2, 0.25) is 0 Å². The van der Waals surface area contributed by atoms with Crippen molar-refractivity contribution in [1.82, 2.24) is 15.5 Å². The summed E-state index contributed by atoms with van der Waals surface area (Å²) in [4.78, 5) is 18.1. The minimum absolute atomic E-state index is 0. The first-order valence-corrected chi connectivity index (χ1v) is 10.6. The molecule has 1 aromatic carbocycles. The fourth-order valence-corrected chi connectivity index (χ4v) is 3.23. The lowest BCUT2D eigenvalue weighted by atomic mass is 10.1. The van der Waals surface area contributed by atoms with Crippen LogP contribution in [0.1, 0.15) is 30.9 Å². The number of likely N-dealkylation sites (N-methyl/N-ethyl adjacent to an activating group) is 1. The lowest BCUT2D eigenvalue weighted by Crippen LogP contribution is -2.43. The summed E-state index contributed by atoms with van der Waals surface area (Å²) in [5.74, 6) is 0.529. The summed E-state index contributed by atoms with van der Waals surface area (Å²) >= 11 is 0. The standard InChI is InChI=1S/C18H30N4O3S.HI/c1-6-7-10-19-18(21-13-17(23)22(3)4)20-12-15-8-9-16(14(2)11-15)26(5,24)25;/h8-9,11H,6-7,10,12-13H2,1-5H3,(H2,19,20,21);1H. The quantitative estimate of drug-likeness (QED) is 0.242. The van der Waals surface area contributed by atoms with Gasteiger partial charge in [0, 0.05) is 26.9 Å². The minimum atomic E-state index is -3.23. The molecule has 0 aromatic heterocycles. The van der Waals surface area contributed by atoms with E-state index in [0.717, 1.165) is 24.9 Å². The highest BCUT2D eigenvalue weighted by molar-refractivity contribution is 14.0. The zero-order valence-corrected chi connectivity index (χ0v) is 19.9. The van der Waals surface area contributed by atoms with Crippen LogP contribution in [-0.4, -0.2) is 58.6 Å². The molecule has 7 nitrogen and oxygen atoms in total. The van der Waals surface area contributed by atoms with Crippen LogP contribution in [0.25, 0.3) is 0 Å². The number of hydrogen-bond acceptors (Lipinski definition) is 4. The van der Waals surface area contributed by atoms with Crippen molar-refractivity contribution < 1.29 is 13.2 Å². The first-order valence-electron chi connectivity index (χ1n) is 8.67. The van der Waals surface area contributed by atoms with Crippen LogP contribution >= 0.6 is 24.0 Å². The highest BCUT2D eigenvalue weighted by atomic mass is 127. The Balaban J connectivity index is 0.00000676. The number of halogens is 1. The maximum absolute atomic E-state index is 11.8. The van der Waals surface area contributed by atoms with Crippen LogP contribution in [-0.2, 0) is 21.2 Å². The van der Waals surface area contributed by atoms with E-state index in [1.807, 2.05) is 6.07 Å². The van der Waals surface area contributed by atoms with Crippen LogP contribution in [0, 0.1) is 6.92 Å². The van der Waals surface area contributed by atoms with Crippen molar-refractivity contribution in [3.63, 3.8) is 0 Å². The van der Waals surface area contributed by atoms with Crippen molar-refractivity contribution in [1.29, 1.82) is 0 Å². The number of benzene rings is 1. The lowest BCUT2D eigenvalue weighted by Gasteiger charge is -2.15. The third-order valence-electron chi connectivity index (χ3n) is 3.79. The van der Waals surface area contributed by atoms with Crippen molar-refractivity contribution in [2.24, 2.45) is 4.99 Å². The van der Waals surface area contributed by atoms with Gasteiger partial charge in [-0.25, -0.2) is 13.4 Å². The number of aryl methyl sites for hydroxylation is 1. The van der Waals surface area contributed by atoms with E-state index in [-0.39, 0.29) is 36.4 Å². The van der Waals surface area contributed by atoms with E-state index < -0.39 is 9.84 Å². The maximum atomic E-state index is 11.8. The summed E-state index contributed by atoms with van der Waals surface area (Å²) in [5.41, 5.74) is 1.61. The molecule has 0 fully saturated rings. The van der Waals surface area contributed by atoms with E-state index in [9.17, 15) is 13.2 Å². The number of hydrogen-bond donors (Lipinski definition) is 2. The minimum Gasteiger partial charge on any atom is -0.356 e. The van der Waals surface area contributed by atoms with E-state index in [2.05, 4.69) is 22.5 Å². The number of sulfone groups is 1. The number of unbranched alkanes of at least 4 members (excludes halogenated alkanes) is 1. The normalized spacial score (nSPS) is 11.5. The molecule has 9 heteroatoms. The molecule has 0 saturated heterocycles. The molecule has 0 saturated carbocycles. The average Bonchev–Trinajstić information content (AvgIpc) is 2.55. The Hall–Kier alpha value is -1.36. The number of guanidine groups is 1. The van der Waals surface area contributed by atoms with Crippen LogP contribution in [0.5, 0.6) is 0 Å². The number of carbonyl (C=O) groups is 1. The molecule has 0 aliphatic rings. The Morgan fingerprint density at radius 3 is 2.41 bits per heavy atom. The van der Waals surface area contributed by atoms with Gasteiger partial charge in [-0.15, -0.1) is 24.0 Å². The molecule has 0 heterocycles. The summed E-state index contributed by atoms with van der Waals surface area (Å²) in [5, 5.41) is 6.24. The van der Waals surface area contributed by atoms with E-state index in [1.54, 1.807) is 33.2 Å². The van der Waals surface area contributed by atoms with Gasteiger partial charge in [0.15, 0.2) is 15.8 Å². The lowest BCUT2D eigenvalue weighted by molar-refractivity contribution is -0.127. The second-order valence-electron chi connectivity index (χ2n) is 6.46. The van der Waals surface area contributed by atoms with Crippen LogP contribution < -0.4 is 10.6 Å². The predicted octanol–water partition coefficient (Wildman–Crippen LogP) is 1.94. The summed E-state index contributed by atoms with van der Waals surface area (Å²) in [6, 6.07) is 5.21. The molecule has 0 atom stereocenters. The average molecular weight is 510 g/mol. The predicted molar refractivity (Wildman–Crippen MR) is 120 cm³/mol. The molecule has 0 spiro atoms. The summed E-state index contributed by atoms with van der Waals surface area (Å²) in [7, 11) is 0.186. The van der Waals surface area contributed by atoms with E-state index >= 15 is 0 Å². The number of nitrogens with zero attached hydrogens (tertiary/aromatic N) is 2. The zero-order valence-electron chi connectivity index (χ0n) is 16.7. The molecule has 0 aliphatic carbocycles. The summed E-state index contributed by atoms with van der Waals surface area (Å²) in [6.45, 7) is 5.20. The molecule has 1 amide bonds. The van der Waals surface area contributed by atoms with Crippen LogP contribution in [0.4, 0.5) is 0 Å². The van der Waals surface area contributed by atoms with Gasteiger partial charge in [-0.2, -0.15) is 0 Å². The Morgan fingerprint density at radius 1 is 1.22 bits per heavy atom. The summed E-state index contributed by atoms with van der Waals surface area (Å²) < 4.78 is 23.4. The molecule has 27 heavy (non-hydrogen) atoms. The number of rotatable bonds is 8. The SMILES string of the molecule is CCCCNC(=NCc1ccc(S(C)(=O)=O)c(C)c1)NCC(=O)N(C)C.I. The Labute approximate surface area is 179 Å². The fourth-order valence-electron chi connectivity index (χ4n) is 2.27. The second kappa shape index (κ2) is 12.2. The monoisotopic (exact) mass is 510 g/mol.